The highest BCUT2D eigenvalue weighted by molar-refractivity contribution is 5.90. The molecule has 2 N–H and O–H groups in total. The first-order chi connectivity index (χ1) is 10.8. The van der Waals surface area contributed by atoms with Gasteiger partial charge < -0.3 is 15.4 Å². The fourth-order valence-corrected chi connectivity index (χ4v) is 2.09. The Balaban J connectivity index is 1.65. The predicted molar refractivity (Wildman–Crippen MR) is 81.8 cm³/mol. The number of fused-ring (bicyclic) bond motifs is 1. The van der Waals surface area contributed by atoms with Crippen LogP contribution in [-0.2, 0) is 6.54 Å². The fraction of sp³-hybridized carbons (Fsp3) is 0.133. The van der Waals surface area contributed by atoms with Crippen LogP contribution >= 0.6 is 0 Å². The van der Waals surface area contributed by atoms with Crippen molar-refractivity contribution in [3.63, 3.8) is 0 Å². The van der Waals surface area contributed by atoms with Gasteiger partial charge in [0.1, 0.15) is 5.75 Å². The molecule has 0 atom stereocenters. The lowest BCUT2D eigenvalue weighted by Gasteiger charge is -2.10. The molecule has 0 aliphatic rings. The molecule has 1 aromatic carbocycles. The number of aromatic nitrogens is 3. The maximum absolute atomic E-state index is 12.0. The summed E-state index contributed by atoms with van der Waals surface area (Å²) in [5, 5.41) is 13.6. The van der Waals surface area contributed by atoms with Crippen molar-refractivity contribution in [3.8, 4) is 5.75 Å². The molecule has 0 unspecified atom stereocenters. The minimum Gasteiger partial charge on any atom is -0.495 e. The molecule has 0 saturated heterocycles. The van der Waals surface area contributed by atoms with Gasteiger partial charge in [-0.1, -0.05) is 18.2 Å². The summed E-state index contributed by atoms with van der Waals surface area (Å²) in [5.74, 6) is 1.26. The summed E-state index contributed by atoms with van der Waals surface area (Å²) in [4.78, 5) is 12.0. The molecule has 2 aromatic heterocycles. The lowest BCUT2D eigenvalue weighted by atomic mass is 10.3. The smallest absolute Gasteiger partial charge is 0.319 e. The number of methoxy groups -OCH3 is 1. The van der Waals surface area contributed by atoms with Gasteiger partial charge in [0.15, 0.2) is 11.5 Å². The van der Waals surface area contributed by atoms with E-state index in [1.54, 1.807) is 19.2 Å². The Bertz CT molecular complexity index is 799. The van der Waals surface area contributed by atoms with Crippen LogP contribution in [0.2, 0.25) is 0 Å². The van der Waals surface area contributed by atoms with Crippen LogP contribution in [0.3, 0.4) is 0 Å². The molecule has 112 valence electrons. The number of hydrogen-bond donors (Lipinski definition) is 2. The number of nitrogens with zero attached hydrogens (tertiary/aromatic N) is 3. The monoisotopic (exact) mass is 297 g/mol. The van der Waals surface area contributed by atoms with Crippen LogP contribution < -0.4 is 15.4 Å². The fourth-order valence-electron chi connectivity index (χ4n) is 2.09. The zero-order valence-electron chi connectivity index (χ0n) is 12.0. The van der Waals surface area contributed by atoms with Crippen molar-refractivity contribution < 1.29 is 9.53 Å². The average Bonchev–Trinajstić information content (AvgIpc) is 2.97. The molecule has 22 heavy (non-hydrogen) atoms. The van der Waals surface area contributed by atoms with E-state index in [0.29, 0.717) is 17.3 Å². The summed E-state index contributed by atoms with van der Waals surface area (Å²) in [7, 11) is 1.56. The van der Waals surface area contributed by atoms with E-state index in [4.69, 9.17) is 4.74 Å². The highest BCUT2D eigenvalue weighted by Crippen LogP contribution is 2.22. The number of hydrogen-bond acceptors (Lipinski definition) is 4. The van der Waals surface area contributed by atoms with Gasteiger partial charge >= 0.3 is 6.03 Å². The van der Waals surface area contributed by atoms with E-state index in [-0.39, 0.29) is 12.6 Å². The highest BCUT2D eigenvalue weighted by Gasteiger charge is 2.09. The normalized spacial score (nSPS) is 10.4. The zero-order valence-corrected chi connectivity index (χ0v) is 12.0. The van der Waals surface area contributed by atoms with Gasteiger partial charge in [-0.25, -0.2) is 4.79 Å². The Morgan fingerprint density at radius 1 is 1.18 bits per heavy atom. The van der Waals surface area contributed by atoms with Gasteiger partial charge in [0.25, 0.3) is 0 Å². The van der Waals surface area contributed by atoms with Gasteiger partial charge in [0.2, 0.25) is 0 Å². The molecule has 0 aliphatic heterocycles. The number of ether oxygens (including phenoxy) is 1. The molecular weight excluding hydrogens is 282 g/mol. The van der Waals surface area contributed by atoms with Crippen molar-refractivity contribution in [2.45, 2.75) is 6.54 Å². The van der Waals surface area contributed by atoms with Gasteiger partial charge in [0, 0.05) is 6.20 Å². The quantitative estimate of drug-likeness (QED) is 0.772. The van der Waals surface area contributed by atoms with Gasteiger partial charge in [-0.15, -0.1) is 10.2 Å². The van der Waals surface area contributed by atoms with Gasteiger partial charge in [-0.2, -0.15) is 0 Å². The van der Waals surface area contributed by atoms with Crippen molar-refractivity contribution in [1.82, 2.24) is 19.9 Å². The van der Waals surface area contributed by atoms with Gasteiger partial charge in [-0.05, 0) is 24.3 Å². The highest BCUT2D eigenvalue weighted by atomic mass is 16.5. The lowest BCUT2D eigenvalue weighted by molar-refractivity contribution is 0.251. The summed E-state index contributed by atoms with van der Waals surface area (Å²) in [5.41, 5.74) is 1.35. The van der Waals surface area contributed by atoms with Crippen LogP contribution in [-0.4, -0.2) is 27.7 Å². The van der Waals surface area contributed by atoms with E-state index in [0.717, 1.165) is 5.65 Å². The number of amides is 2. The summed E-state index contributed by atoms with van der Waals surface area (Å²) in [6.45, 7) is 0.270. The molecule has 3 rings (SSSR count). The van der Waals surface area contributed by atoms with Crippen LogP contribution in [0.4, 0.5) is 10.5 Å². The van der Waals surface area contributed by atoms with E-state index in [1.807, 2.05) is 40.9 Å². The van der Waals surface area contributed by atoms with E-state index >= 15 is 0 Å². The number of carbonyl (C=O) groups excluding carboxylic acids is 1. The van der Waals surface area contributed by atoms with Crippen LogP contribution in [0.15, 0.2) is 48.7 Å². The first-order valence-electron chi connectivity index (χ1n) is 6.74. The second-order valence-corrected chi connectivity index (χ2v) is 4.55. The number of benzene rings is 1. The second-order valence-electron chi connectivity index (χ2n) is 4.55. The maximum Gasteiger partial charge on any atom is 0.319 e. The number of anilines is 1. The number of carbonyl (C=O) groups is 1. The summed E-state index contributed by atoms with van der Waals surface area (Å²) < 4.78 is 7.01. The molecule has 0 spiro atoms. The summed E-state index contributed by atoms with van der Waals surface area (Å²) in [6.07, 6.45) is 1.85. The predicted octanol–water partition coefficient (Wildman–Crippen LogP) is 2.06. The molecule has 2 heterocycles. The van der Waals surface area contributed by atoms with Crippen molar-refractivity contribution in [2.75, 3.05) is 12.4 Å². The number of pyridine rings is 1. The molecule has 0 aliphatic carbocycles. The number of urea groups is 1. The van der Waals surface area contributed by atoms with Gasteiger partial charge in [-0.3, -0.25) is 4.40 Å². The number of nitrogens with one attached hydrogen (secondary N) is 2. The third kappa shape index (κ3) is 2.83. The molecule has 7 nitrogen and oxygen atoms in total. The SMILES string of the molecule is COc1ccccc1NC(=O)NCc1nnc2ccccn12. The Morgan fingerprint density at radius 3 is 2.86 bits per heavy atom. The van der Waals surface area contributed by atoms with Crippen molar-refractivity contribution >= 4 is 17.4 Å². The van der Waals surface area contributed by atoms with Crippen molar-refractivity contribution in [2.24, 2.45) is 0 Å². The largest absolute Gasteiger partial charge is 0.495 e. The molecule has 7 heteroatoms. The molecule has 0 fully saturated rings. The molecule has 2 amide bonds. The van der Waals surface area contributed by atoms with Crippen LogP contribution in [0, 0.1) is 0 Å². The molecule has 3 aromatic rings. The lowest BCUT2D eigenvalue weighted by Crippen LogP contribution is -2.29. The van der Waals surface area contributed by atoms with E-state index in [2.05, 4.69) is 20.8 Å². The minimum absolute atomic E-state index is 0.270. The Kier molecular flexibility index (Phi) is 3.86. The first kappa shape index (κ1) is 13.9. The van der Waals surface area contributed by atoms with E-state index in [1.165, 1.54) is 0 Å². The van der Waals surface area contributed by atoms with E-state index in [9.17, 15) is 4.79 Å². The second kappa shape index (κ2) is 6.13. The molecule has 0 bridgehead atoms. The van der Waals surface area contributed by atoms with Gasteiger partial charge in [0.05, 0.1) is 19.3 Å². The Morgan fingerprint density at radius 2 is 2.00 bits per heavy atom. The molecule has 0 radical (unpaired) electrons. The first-order valence-corrected chi connectivity index (χ1v) is 6.74. The Hall–Kier alpha value is -3.09. The molecule has 0 saturated carbocycles. The summed E-state index contributed by atoms with van der Waals surface area (Å²) in [6, 6.07) is 12.5. The topological polar surface area (TPSA) is 80.5 Å². The third-order valence-electron chi connectivity index (χ3n) is 3.15. The standard InChI is InChI=1S/C15H15N5O2/c1-22-12-7-3-2-6-11(12)17-15(21)16-10-14-19-18-13-8-4-5-9-20(13)14/h2-9H,10H2,1H3,(H2,16,17,21). The van der Waals surface area contributed by atoms with Crippen molar-refractivity contribution in [3.05, 3.63) is 54.5 Å². The van der Waals surface area contributed by atoms with Crippen LogP contribution in [0.5, 0.6) is 5.75 Å². The van der Waals surface area contributed by atoms with Crippen molar-refractivity contribution in [1.29, 1.82) is 0 Å². The molecular formula is C15H15N5O2. The Labute approximate surface area is 126 Å². The zero-order chi connectivity index (χ0) is 15.4. The number of para-hydroxylation sites is 2. The third-order valence-corrected chi connectivity index (χ3v) is 3.15. The average molecular weight is 297 g/mol. The number of rotatable bonds is 4. The maximum atomic E-state index is 12.0. The van der Waals surface area contributed by atoms with Crippen LogP contribution in [0.25, 0.3) is 5.65 Å². The summed E-state index contributed by atoms with van der Waals surface area (Å²) >= 11 is 0. The van der Waals surface area contributed by atoms with E-state index < -0.39 is 0 Å². The van der Waals surface area contributed by atoms with Crippen LogP contribution in [0.1, 0.15) is 5.82 Å². The minimum atomic E-state index is -0.336.